The largest absolute Gasteiger partial charge is 0.308 e. The molecule has 0 aliphatic carbocycles. The fourth-order valence-electron chi connectivity index (χ4n) is 1.62. The lowest BCUT2D eigenvalue weighted by molar-refractivity contribution is 0.624. The quantitative estimate of drug-likeness (QED) is 0.546. The predicted molar refractivity (Wildman–Crippen MR) is 68.4 cm³/mol. The highest BCUT2D eigenvalue weighted by Gasteiger charge is 2.13. The Balaban J connectivity index is 2.27. The zero-order chi connectivity index (χ0) is 12.5. The van der Waals surface area contributed by atoms with E-state index in [1.54, 1.807) is 0 Å². The minimum absolute atomic E-state index is 0.115. The number of fused-ring (bicyclic) bond motifs is 1. The second-order valence-electron chi connectivity index (χ2n) is 3.51. The molecule has 0 radical (unpaired) electrons. The van der Waals surface area contributed by atoms with Crippen molar-refractivity contribution in [3.8, 4) is 11.5 Å². The van der Waals surface area contributed by atoms with Crippen LogP contribution >= 0.6 is 11.3 Å². The van der Waals surface area contributed by atoms with E-state index in [0.717, 1.165) is 10.2 Å². The maximum absolute atomic E-state index is 13.6. The molecule has 0 amide bonds. The topological polar surface area (TPSA) is 76.7 Å². The Kier molecular flexibility index (Phi) is 2.62. The van der Waals surface area contributed by atoms with Crippen molar-refractivity contribution in [3.05, 3.63) is 35.6 Å². The molecule has 3 aromatic heterocycles. The summed E-state index contributed by atoms with van der Waals surface area (Å²) in [5, 5.41) is 2.68. The second-order valence-corrected chi connectivity index (χ2v) is 4.41. The van der Waals surface area contributed by atoms with E-state index in [4.69, 9.17) is 5.84 Å². The number of anilines is 1. The van der Waals surface area contributed by atoms with Crippen molar-refractivity contribution in [1.82, 2.24) is 15.0 Å². The van der Waals surface area contributed by atoms with Crippen LogP contribution in [0.3, 0.4) is 0 Å². The number of hydrogen-bond acceptors (Lipinski definition) is 6. The molecule has 0 saturated heterocycles. The van der Waals surface area contributed by atoms with Gasteiger partial charge in [0.15, 0.2) is 17.5 Å². The average molecular weight is 261 g/mol. The fraction of sp³-hybridized carbons (Fsp3) is 0. The van der Waals surface area contributed by atoms with Crippen LogP contribution in [0.15, 0.2) is 29.8 Å². The molecule has 0 aromatic carbocycles. The maximum Gasteiger partial charge on any atom is 0.184 e. The molecule has 0 unspecified atom stereocenters. The molecule has 0 aliphatic rings. The van der Waals surface area contributed by atoms with E-state index in [1.807, 2.05) is 11.4 Å². The van der Waals surface area contributed by atoms with Gasteiger partial charge in [0.25, 0.3) is 0 Å². The summed E-state index contributed by atoms with van der Waals surface area (Å²) >= 11 is 1.43. The van der Waals surface area contributed by atoms with Gasteiger partial charge in [-0.05, 0) is 23.6 Å². The van der Waals surface area contributed by atoms with E-state index in [-0.39, 0.29) is 11.5 Å². The van der Waals surface area contributed by atoms with Crippen molar-refractivity contribution >= 4 is 27.4 Å². The molecule has 3 N–H and O–H groups in total. The monoisotopic (exact) mass is 261 g/mol. The van der Waals surface area contributed by atoms with E-state index in [2.05, 4.69) is 20.4 Å². The number of nitrogens with one attached hydrogen (secondary N) is 1. The van der Waals surface area contributed by atoms with Gasteiger partial charge in [-0.2, -0.15) is 0 Å². The number of aromatic nitrogens is 3. The second kappa shape index (κ2) is 4.28. The lowest BCUT2D eigenvalue weighted by Gasteiger charge is -2.05. The lowest BCUT2D eigenvalue weighted by Crippen LogP contribution is -2.10. The number of nitrogens with zero attached hydrogens (tertiary/aromatic N) is 3. The maximum atomic E-state index is 13.6. The van der Waals surface area contributed by atoms with Crippen molar-refractivity contribution in [3.63, 3.8) is 0 Å². The van der Waals surface area contributed by atoms with Gasteiger partial charge >= 0.3 is 0 Å². The minimum Gasteiger partial charge on any atom is -0.308 e. The first kappa shape index (κ1) is 11.0. The lowest BCUT2D eigenvalue weighted by atomic mass is 10.3. The minimum atomic E-state index is -0.462. The van der Waals surface area contributed by atoms with Crippen LogP contribution in [0, 0.1) is 5.82 Å². The van der Waals surface area contributed by atoms with Crippen LogP contribution in [0.1, 0.15) is 0 Å². The van der Waals surface area contributed by atoms with Crippen molar-refractivity contribution in [2.75, 3.05) is 5.43 Å². The molecular formula is C11H8FN5S. The van der Waals surface area contributed by atoms with Gasteiger partial charge in [-0.25, -0.2) is 25.2 Å². The zero-order valence-electron chi connectivity index (χ0n) is 9.09. The molecule has 7 heteroatoms. The third-order valence-corrected chi connectivity index (χ3v) is 3.24. The van der Waals surface area contributed by atoms with Gasteiger partial charge in [0.2, 0.25) is 0 Å². The summed E-state index contributed by atoms with van der Waals surface area (Å²) in [4.78, 5) is 13.1. The van der Waals surface area contributed by atoms with Crippen LogP contribution in [0.25, 0.3) is 21.7 Å². The Morgan fingerprint density at radius 1 is 1.28 bits per heavy atom. The first-order valence-corrected chi connectivity index (χ1v) is 6.00. The number of hydrazine groups is 1. The SMILES string of the molecule is NNc1nc(-c2ncccc2F)nc2sccc12. The molecule has 90 valence electrons. The fourth-order valence-corrected chi connectivity index (χ4v) is 2.39. The first-order valence-electron chi connectivity index (χ1n) is 5.12. The Morgan fingerprint density at radius 3 is 2.94 bits per heavy atom. The summed E-state index contributed by atoms with van der Waals surface area (Å²) < 4.78 is 13.6. The molecular weight excluding hydrogens is 253 g/mol. The molecule has 5 nitrogen and oxygen atoms in total. The van der Waals surface area contributed by atoms with Gasteiger partial charge < -0.3 is 5.43 Å². The number of hydrogen-bond donors (Lipinski definition) is 2. The Hall–Kier alpha value is -2.12. The van der Waals surface area contributed by atoms with Crippen LogP contribution < -0.4 is 11.3 Å². The van der Waals surface area contributed by atoms with Crippen LogP contribution in [0.5, 0.6) is 0 Å². The van der Waals surface area contributed by atoms with Gasteiger partial charge in [0.1, 0.15) is 10.5 Å². The standard InChI is InChI=1S/C11H8FN5S/c12-7-2-1-4-14-8(7)10-15-9(17-13)6-3-5-18-11(6)16-10/h1-5H,13H2,(H,15,16,17). The molecule has 0 aliphatic heterocycles. The summed E-state index contributed by atoms with van der Waals surface area (Å²) in [6.07, 6.45) is 1.50. The first-order chi connectivity index (χ1) is 8.79. The normalized spacial score (nSPS) is 10.8. The number of pyridine rings is 1. The van der Waals surface area contributed by atoms with Crippen LogP contribution in [-0.2, 0) is 0 Å². The van der Waals surface area contributed by atoms with E-state index in [0.29, 0.717) is 5.82 Å². The number of nitrogen functional groups attached to an aromatic ring is 1. The Labute approximate surface area is 105 Å². The smallest absolute Gasteiger partial charge is 0.184 e. The zero-order valence-corrected chi connectivity index (χ0v) is 9.91. The molecule has 0 fully saturated rings. The summed E-state index contributed by atoms with van der Waals surface area (Å²) in [5.41, 5.74) is 2.61. The number of rotatable bonds is 2. The van der Waals surface area contributed by atoms with Gasteiger partial charge in [-0.3, -0.25) is 0 Å². The number of thiophene rings is 1. The van der Waals surface area contributed by atoms with Crippen molar-refractivity contribution in [1.29, 1.82) is 0 Å². The Bertz CT molecular complexity index is 711. The van der Waals surface area contributed by atoms with Gasteiger partial charge in [0.05, 0.1) is 5.39 Å². The highest BCUT2D eigenvalue weighted by atomic mass is 32.1. The molecule has 0 bridgehead atoms. The van der Waals surface area contributed by atoms with Crippen molar-refractivity contribution in [2.24, 2.45) is 5.84 Å². The average Bonchev–Trinajstić information content (AvgIpc) is 2.86. The highest BCUT2D eigenvalue weighted by molar-refractivity contribution is 7.16. The van der Waals surface area contributed by atoms with E-state index in [9.17, 15) is 4.39 Å². The predicted octanol–water partition coefficient (Wildman–Crippen LogP) is 2.18. The van der Waals surface area contributed by atoms with Gasteiger partial charge in [-0.15, -0.1) is 11.3 Å². The van der Waals surface area contributed by atoms with Crippen LogP contribution in [0.4, 0.5) is 10.2 Å². The molecule has 18 heavy (non-hydrogen) atoms. The summed E-state index contributed by atoms with van der Waals surface area (Å²) in [6, 6.07) is 4.69. The van der Waals surface area contributed by atoms with Crippen LogP contribution in [-0.4, -0.2) is 15.0 Å². The number of halogens is 1. The van der Waals surface area contributed by atoms with Gasteiger partial charge in [0, 0.05) is 6.20 Å². The van der Waals surface area contributed by atoms with E-state index < -0.39 is 5.82 Å². The Morgan fingerprint density at radius 2 is 2.17 bits per heavy atom. The summed E-state index contributed by atoms with van der Waals surface area (Å²) in [5.74, 6) is 5.63. The molecule has 0 saturated carbocycles. The van der Waals surface area contributed by atoms with Crippen molar-refractivity contribution < 1.29 is 4.39 Å². The third-order valence-electron chi connectivity index (χ3n) is 2.43. The third kappa shape index (κ3) is 1.69. The van der Waals surface area contributed by atoms with E-state index in [1.165, 1.54) is 29.7 Å². The van der Waals surface area contributed by atoms with E-state index >= 15 is 0 Å². The molecule has 3 heterocycles. The van der Waals surface area contributed by atoms with Crippen molar-refractivity contribution in [2.45, 2.75) is 0 Å². The van der Waals surface area contributed by atoms with Crippen LogP contribution in [0.2, 0.25) is 0 Å². The molecule has 3 aromatic rings. The molecule has 0 spiro atoms. The van der Waals surface area contributed by atoms with Gasteiger partial charge in [-0.1, -0.05) is 0 Å². The summed E-state index contributed by atoms with van der Waals surface area (Å²) in [6.45, 7) is 0. The molecule has 3 rings (SSSR count). The molecule has 0 atom stereocenters. The number of nitrogens with two attached hydrogens (primary N) is 1. The summed E-state index contributed by atoms with van der Waals surface area (Å²) in [7, 11) is 0. The highest BCUT2D eigenvalue weighted by Crippen LogP contribution is 2.27.